The molecule has 4 aromatic rings. The van der Waals surface area contributed by atoms with Crippen LogP contribution >= 0.6 is 34.4 Å². The minimum atomic E-state index is -0.161. The summed E-state index contributed by atoms with van der Waals surface area (Å²) in [6.07, 6.45) is 3.14. The molecule has 1 amide bonds. The van der Waals surface area contributed by atoms with Crippen molar-refractivity contribution in [3.8, 4) is 0 Å². The molecule has 0 saturated heterocycles. The van der Waals surface area contributed by atoms with E-state index in [0.29, 0.717) is 17.3 Å². The van der Waals surface area contributed by atoms with Crippen molar-refractivity contribution in [1.82, 2.24) is 15.3 Å². The SMILES string of the molecule is Cc1ccc(C(NC(=O)CSCc2nc3sc4c(c3c(=O)[nH]2)CCC4)c2cccs2)cc1. The van der Waals surface area contributed by atoms with Crippen LogP contribution in [0.1, 0.15) is 44.7 Å². The molecule has 3 aromatic heterocycles. The van der Waals surface area contributed by atoms with Crippen LogP contribution in [0, 0.1) is 6.92 Å². The smallest absolute Gasteiger partial charge is 0.259 e. The summed E-state index contributed by atoms with van der Waals surface area (Å²) in [5.74, 6) is 1.40. The number of nitrogens with one attached hydrogen (secondary N) is 2. The van der Waals surface area contributed by atoms with Gasteiger partial charge < -0.3 is 10.3 Å². The van der Waals surface area contributed by atoms with Crippen molar-refractivity contribution in [2.24, 2.45) is 0 Å². The second-order valence-electron chi connectivity index (χ2n) is 7.97. The summed E-state index contributed by atoms with van der Waals surface area (Å²) in [7, 11) is 0. The van der Waals surface area contributed by atoms with E-state index in [9.17, 15) is 9.59 Å². The molecule has 1 aliphatic rings. The maximum atomic E-state index is 12.7. The number of hydrogen-bond acceptors (Lipinski definition) is 6. The highest BCUT2D eigenvalue weighted by Crippen LogP contribution is 2.34. The van der Waals surface area contributed by atoms with E-state index in [1.165, 1.54) is 27.8 Å². The van der Waals surface area contributed by atoms with E-state index in [4.69, 9.17) is 0 Å². The molecule has 0 fully saturated rings. The molecule has 1 unspecified atom stereocenters. The molecule has 1 atom stereocenters. The molecule has 3 heterocycles. The molecule has 0 saturated carbocycles. The Bertz CT molecular complexity index is 1310. The van der Waals surface area contributed by atoms with Gasteiger partial charge in [-0.25, -0.2) is 4.98 Å². The molecular formula is C24H23N3O2S3. The zero-order valence-corrected chi connectivity index (χ0v) is 20.1. The van der Waals surface area contributed by atoms with Crippen LogP contribution in [-0.2, 0) is 23.4 Å². The number of rotatable bonds is 7. The van der Waals surface area contributed by atoms with Gasteiger partial charge in [0, 0.05) is 9.75 Å². The number of carbonyl (C=O) groups excluding carboxylic acids is 1. The third kappa shape index (κ3) is 4.40. The van der Waals surface area contributed by atoms with Gasteiger partial charge in [0.1, 0.15) is 10.7 Å². The highest BCUT2D eigenvalue weighted by molar-refractivity contribution is 7.99. The van der Waals surface area contributed by atoms with E-state index in [0.717, 1.165) is 39.9 Å². The van der Waals surface area contributed by atoms with Gasteiger partial charge in [-0.2, -0.15) is 0 Å². The maximum absolute atomic E-state index is 12.7. The van der Waals surface area contributed by atoms with Gasteiger partial charge in [-0.05, 0) is 48.8 Å². The fourth-order valence-corrected chi connectivity index (χ4v) is 6.88. The molecule has 1 aromatic carbocycles. The van der Waals surface area contributed by atoms with Gasteiger partial charge in [-0.1, -0.05) is 35.9 Å². The van der Waals surface area contributed by atoms with Crippen molar-refractivity contribution in [3.05, 3.63) is 84.4 Å². The maximum Gasteiger partial charge on any atom is 0.259 e. The van der Waals surface area contributed by atoms with E-state index in [1.54, 1.807) is 22.7 Å². The van der Waals surface area contributed by atoms with Crippen molar-refractivity contribution in [2.75, 3.05) is 5.75 Å². The number of amides is 1. The number of carbonyl (C=O) groups is 1. The number of fused-ring (bicyclic) bond motifs is 3. The van der Waals surface area contributed by atoms with Crippen LogP contribution in [0.2, 0.25) is 0 Å². The molecule has 1 aliphatic carbocycles. The van der Waals surface area contributed by atoms with E-state index >= 15 is 0 Å². The Labute approximate surface area is 198 Å². The minimum Gasteiger partial charge on any atom is -0.344 e. The number of nitrogens with zero attached hydrogens (tertiary/aromatic N) is 1. The van der Waals surface area contributed by atoms with Crippen molar-refractivity contribution < 1.29 is 4.79 Å². The van der Waals surface area contributed by atoms with E-state index in [-0.39, 0.29) is 17.5 Å². The van der Waals surface area contributed by atoms with Crippen LogP contribution in [0.3, 0.4) is 0 Å². The molecule has 5 nitrogen and oxygen atoms in total. The molecule has 5 rings (SSSR count). The predicted molar refractivity (Wildman–Crippen MR) is 134 cm³/mol. The first-order valence-electron chi connectivity index (χ1n) is 10.6. The lowest BCUT2D eigenvalue weighted by molar-refractivity contribution is -0.119. The second kappa shape index (κ2) is 9.21. The molecular weight excluding hydrogens is 458 g/mol. The topological polar surface area (TPSA) is 74.8 Å². The summed E-state index contributed by atoms with van der Waals surface area (Å²) in [5, 5.41) is 5.96. The van der Waals surface area contributed by atoms with Gasteiger partial charge in [0.2, 0.25) is 5.91 Å². The average molecular weight is 482 g/mol. The number of aryl methyl sites for hydroxylation is 3. The molecule has 2 N–H and O–H groups in total. The van der Waals surface area contributed by atoms with Crippen molar-refractivity contribution in [2.45, 2.75) is 38.0 Å². The summed E-state index contributed by atoms with van der Waals surface area (Å²) in [6, 6.07) is 12.1. The molecule has 164 valence electrons. The summed E-state index contributed by atoms with van der Waals surface area (Å²) < 4.78 is 0. The highest BCUT2D eigenvalue weighted by Gasteiger charge is 2.21. The Hall–Kier alpha value is -2.42. The van der Waals surface area contributed by atoms with E-state index in [2.05, 4.69) is 46.5 Å². The largest absolute Gasteiger partial charge is 0.344 e. The van der Waals surface area contributed by atoms with Gasteiger partial charge in [-0.3, -0.25) is 9.59 Å². The Morgan fingerprint density at radius 1 is 1.25 bits per heavy atom. The van der Waals surface area contributed by atoms with Crippen LogP contribution in [0.5, 0.6) is 0 Å². The van der Waals surface area contributed by atoms with Crippen LogP contribution in [0.25, 0.3) is 10.2 Å². The molecule has 8 heteroatoms. The van der Waals surface area contributed by atoms with Crippen LogP contribution in [0.4, 0.5) is 0 Å². The highest BCUT2D eigenvalue weighted by atomic mass is 32.2. The standard InChI is InChI=1S/C24H23N3O2S3/c1-14-7-9-15(10-8-14)22(18-6-3-11-31-18)27-20(28)13-30-12-19-25-23(29)21-16-4-2-5-17(16)32-24(21)26-19/h3,6-11,22H,2,4-5,12-13H2,1H3,(H,27,28)(H,25,26,29). The normalized spacial score (nSPS) is 13.9. The Morgan fingerprint density at radius 2 is 2.09 bits per heavy atom. The fourth-order valence-electron chi connectivity index (χ4n) is 4.09. The Balaban J connectivity index is 1.24. The monoisotopic (exact) mass is 481 g/mol. The number of aromatic nitrogens is 2. The van der Waals surface area contributed by atoms with E-state index in [1.807, 2.05) is 17.5 Å². The van der Waals surface area contributed by atoms with Gasteiger partial charge in [0.25, 0.3) is 5.56 Å². The van der Waals surface area contributed by atoms with Crippen molar-refractivity contribution in [1.29, 1.82) is 0 Å². The lowest BCUT2D eigenvalue weighted by Crippen LogP contribution is -2.30. The van der Waals surface area contributed by atoms with Gasteiger partial charge in [0.05, 0.1) is 22.9 Å². The third-order valence-electron chi connectivity index (χ3n) is 5.64. The summed E-state index contributed by atoms with van der Waals surface area (Å²) in [6.45, 7) is 2.05. The number of aromatic amines is 1. The third-order valence-corrected chi connectivity index (χ3v) is 8.71. The predicted octanol–water partition coefficient (Wildman–Crippen LogP) is 4.98. The number of benzene rings is 1. The van der Waals surface area contributed by atoms with Gasteiger partial charge in [0.15, 0.2) is 0 Å². The van der Waals surface area contributed by atoms with Crippen LogP contribution < -0.4 is 10.9 Å². The minimum absolute atomic E-state index is 0.0347. The first-order valence-corrected chi connectivity index (χ1v) is 13.4. The van der Waals surface area contributed by atoms with Gasteiger partial charge >= 0.3 is 0 Å². The first kappa shape index (κ1) is 21.4. The number of H-pyrrole nitrogens is 1. The summed E-state index contributed by atoms with van der Waals surface area (Å²) in [5.41, 5.74) is 3.40. The van der Waals surface area contributed by atoms with Crippen molar-refractivity contribution >= 4 is 50.6 Å². The zero-order chi connectivity index (χ0) is 22.1. The quantitative estimate of drug-likeness (QED) is 0.390. The molecule has 0 bridgehead atoms. The number of hydrogen-bond donors (Lipinski definition) is 2. The number of thiophene rings is 2. The lowest BCUT2D eigenvalue weighted by atomic mass is 10.0. The molecule has 0 radical (unpaired) electrons. The lowest BCUT2D eigenvalue weighted by Gasteiger charge is -2.18. The molecule has 32 heavy (non-hydrogen) atoms. The Kier molecular flexibility index (Phi) is 6.17. The summed E-state index contributed by atoms with van der Waals surface area (Å²) in [4.78, 5) is 36.2. The first-order chi connectivity index (χ1) is 15.6. The Morgan fingerprint density at radius 3 is 2.88 bits per heavy atom. The summed E-state index contributed by atoms with van der Waals surface area (Å²) >= 11 is 4.74. The molecule has 0 aliphatic heterocycles. The second-order valence-corrected chi connectivity index (χ2v) is 11.0. The fraction of sp³-hybridized carbons (Fsp3) is 0.292. The van der Waals surface area contributed by atoms with Crippen molar-refractivity contribution in [3.63, 3.8) is 0 Å². The van der Waals surface area contributed by atoms with Crippen LogP contribution in [-0.4, -0.2) is 21.6 Å². The number of thioether (sulfide) groups is 1. The average Bonchev–Trinajstić information content (AvgIpc) is 3.50. The van der Waals surface area contributed by atoms with Crippen LogP contribution in [0.15, 0.2) is 46.6 Å². The van der Waals surface area contributed by atoms with E-state index < -0.39 is 0 Å². The van der Waals surface area contributed by atoms with Gasteiger partial charge in [-0.15, -0.1) is 34.4 Å². The molecule has 0 spiro atoms. The zero-order valence-electron chi connectivity index (χ0n) is 17.6.